The van der Waals surface area contributed by atoms with Gasteiger partial charge in [-0.15, -0.1) is 0 Å². The highest BCUT2D eigenvalue weighted by molar-refractivity contribution is 5.95. The number of carbonyl (C=O) groups excluding carboxylic acids is 2. The number of halogens is 4. The van der Waals surface area contributed by atoms with E-state index < -0.39 is 23.5 Å². The maximum absolute atomic E-state index is 13.8. The molecule has 208 valence electrons. The van der Waals surface area contributed by atoms with Gasteiger partial charge in [0.25, 0.3) is 0 Å². The maximum Gasteiger partial charge on any atom is 0.416 e. The molecule has 0 atom stereocenters. The van der Waals surface area contributed by atoms with Gasteiger partial charge in [0.15, 0.2) is 0 Å². The number of anilines is 1. The van der Waals surface area contributed by atoms with Gasteiger partial charge in [-0.05, 0) is 73.0 Å². The van der Waals surface area contributed by atoms with Crippen molar-refractivity contribution in [3.8, 4) is 17.2 Å². The fourth-order valence-electron chi connectivity index (χ4n) is 4.63. The van der Waals surface area contributed by atoms with Gasteiger partial charge in [0.2, 0.25) is 11.8 Å². The minimum Gasteiger partial charge on any atom is -0.332 e. The summed E-state index contributed by atoms with van der Waals surface area (Å²) in [7, 11) is 0. The third-order valence-electron chi connectivity index (χ3n) is 6.72. The highest BCUT2D eigenvalue weighted by atomic mass is 19.4. The van der Waals surface area contributed by atoms with Crippen LogP contribution in [0.1, 0.15) is 29.5 Å². The van der Waals surface area contributed by atoms with Gasteiger partial charge in [-0.25, -0.2) is 4.39 Å². The molecule has 0 aromatic heterocycles. The SMILES string of the molecule is N#Cc1cccc(-c2ccc(CC(=O)N(CCN3CCCC3)CC(=O)Nc3cc(F)cc(C(F)(F)F)c3)cc2)c1. The zero-order chi connectivity index (χ0) is 28.7. The molecule has 0 saturated carbocycles. The molecule has 3 aromatic rings. The van der Waals surface area contributed by atoms with Crippen molar-refractivity contribution in [1.29, 1.82) is 5.26 Å². The van der Waals surface area contributed by atoms with E-state index in [1.807, 2.05) is 18.2 Å². The lowest BCUT2D eigenvalue weighted by molar-refractivity contribution is -0.137. The normalized spacial score (nSPS) is 13.6. The summed E-state index contributed by atoms with van der Waals surface area (Å²) in [6, 6.07) is 18.4. The Balaban J connectivity index is 1.44. The van der Waals surface area contributed by atoms with Crippen LogP contribution in [0, 0.1) is 17.1 Å². The van der Waals surface area contributed by atoms with Gasteiger partial charge in [-0.3, -0.25) is 9.59 Å². The standard InChI is InChI=1S/C30H28F4N4O2/c31-26-16-25(30(32,33)34)17-27(18-26)36-28(39)20-38(13-12-37-10-1-2-11-37)29(40)15-21-6-8-23(9-7-21)24-5-3-4-22(14-24)19-35/h3-9,14,16-18H,1-2,10-13,15,20H2,(H,36,39). The smallest absolute Gasteiger partial charge is 0.332 e. The zero-order valence-corrected chi connectivity index (χ0v) is 21.7. The van der Waals surface area contributed by atoms with Crippen LogP contribution in [0.15, 0.2) is 66.7 Å². The van der Waals surface area contributed by atoms with Crippen LogP contribution in [0.4, 0.5) is 23.2 Å². The van der Waals surface area contributed by atoms with Gasteiger partial charge in [0.1, 0.15) is 5.82 Å². The lowest BCUT2D eigenvalue weighted by Gasteiger charge is -2.25. The molecule has 1 saturated heterocycles. The lowest BCUT2D eigenvalue weighted by Crippen LogP contribution is -2.43. The maximum atomic E-state index is 13.8. The Morgan fingerprint density at radius 3 is 2.38 bits per heavy atom. The Bertz CT molecular complexity index is 1390. The van der Waals surface area contributed by atoms with Gasteiger partial charge in [-0.1, -0.05) is 36.4 Å². The first-order valence-electron chi connectivity index (χ1n) is 12.9. The Labute approximate surface area is 229 Å². The van der Waals surface area contributed by atoms with Gasteiger partial charge < -0.3 is 15.1 Å². The minimum absolute atomic E-state index is 0.0178. The second kappa shape index (κ2) is 12.7. The van der Waals surface area contributed by atoms with E-state index in [-0.39, 0.29) is 31.1 Å². The third-order valence-corrected chi connectivity index (χ3v) is 6.72. The summed E-state index contributed by atoms with van der Waals surface area (Å²) < 4.78 is 53.0. The van der Waals surface area contributed by atoms with Crippen LogP contribution in [0.3, 0.4) is 0 Å². The first-order chi connectivity index (χ1) is 19.1. The van der Waals surface area contributed by atoms with Gasteiger partial charge >= 0.3 is 6.18 Å². The van der Waals surface area contributed by atoms with Crippen molar-refractivity contribution >= 4 is 17.5 Å². The molecule has 40 heavy (non-hydrogen) atoms. The average molecular weight is 553 g/mol. The van der Waals surface area contributed by atoms with Crippen molar-refractivity contribution in [2.45, 2.75) is 25.4 Å². The molecule has 1 aliphatic rings. The molecule has 0 bridgehead atoms. The molecule has 1 N–H and O–H groups in total. The molecule has 0 radical (unpaired) electrons. The molecule has 1 heterocycles. The first-order valence-corrected chi connectivity index (χ1v) is 12.9. The fraction of sp³-hybridized carbons (Fsp3) is 0.300. The molecule has 10 heteroatoms. The molecule has 0 aliphatic carbocycles. The summed E-state index contributed by atoms with van der Waals surface area (Å²) in [5.74, 6) is -2.17. The second-order valence-corrected chi connectivity index (χ2v) is 9.70. The molecular formula is C30H28F4N4O2. The van der Waals surface area contributed by atoms with Crippen LogP contribution in [-0.4, -0.2) is 54.3 Å². The number of benzene rings is 3. The number of rotatable bonds is 9. The molecule has 0 unspecified atom stereocenters. The van der Waals surface area contributed by atoms with E-state index in [0.717, 1.165) is 48.7 Å². The quantitative estimate of drug-likeness (QED) is 0.357. The van der Waals surface area contributed by atoms with Crippen molar-refractivity contribution < 1.29 is 27.2 Å². The van der Waals surface area contributed by atoms with Crippen LogP contribution in [-0.2, 0) is 22.2 Å². The van der Waals surface area contributed by atoms with Crippen molar-refractivity contribution in [1.82, 2.24) is 9.80 Å². The van der Waals surface area contributed by atoms with Crippen LogP contribution in [0.25, 0.3) is 11.1 Å². The zero-order valence-electron chi connectivity index (χ0n) is 21.7. The summed E-state index contributed by atoms with van der Waals surface area (Å²) in [6.07, 6.45) is -2.64. The molecular weight excluding hydrogens is 524 g/mol. The van der Waals surface area contributed by atoms with Crippen molar-refractivity contribution in [3.63, 3.8) is 0 Å². The van der Waals surface area contributed by atoms with Crippen LogP contribution < -0.4 is 5.32 Å². The van der Waals surface area contributed by atoms with Gasteiger partial charge in [-0.2, -0.15) is 18.4 Å². The molecule has 0 spiro atoms. The number of amides is 2. The van der Waals surface area contributed by atoms with Crippen molar-refractivity contribution in [2.24, 2.45) is 0 Å². The fourth-order valence-corrected chi connectivity index (χ4v) is 4.63. The number of likely N-dealkylation sites (tertiary alicyclic amines) is 1. The van der Waals surface area contributed by atoms with Gasteiger partial charge in [0, 0.05) is 18.8 Å². The summed E-state index contributed by atoms with van der Waals surface area (Å²) >= 11 is 0. The van der Waals surface area contributed by atoms with E-state index in [0.29, 0.717) is 24.2 Å². The number of nitriles is 1. The number of carbonyl (C=O) groups is 2. The summed E-state index contributed by atoms with van der Waals surface area (Å²) in [5, 5.41) is 11.4. The predicted octanol–water partition coefficient (Wildman–Crippen LogP) is 5.49. The summed E-state index contributed by atoms with van der Waals surface area (Å²) in [6.45, 7) is 2.23. The molecule has 3 aromatic carbocycles. The van der Waals surface area contributed by atoms with Gasteiger partial charge in [0.05, 0.1) is 30.2 Å². The molecule has 4 rings (SSSR count). The first kappa shape index (κ1) is 28.8. The molecule has 6 nitrogen and oxygen atoms in total. The monoisotopic (exact) mass is 552 g/mol. The van der Waals surface area contributed by atoms with E-state index in [2.05, 4.69) is 16.3 Å². The topological polar surface area (TPSA) is 76.4 Å². The van der Waals surface area contributed by atoms with Crippen LogP contribution >= 0.6 is 0 Å². The third kappa shape index (κ3) is 7.90. The van der Waals surface area contributed by atoms with E-state index in [4.69, 9.17) is 5.26 Å². The van der Waals surface area contributed by atoms with E-state index >= 15 is 0 Å². The highest BCUT2D eigenvalue weighted by Gasteiger charge is 2.31. The van der Waals surface area contributed by atoms with E-state index in [1.54, 1.807) is 30.3 Å². The average Bonchev–Trinajstić information content (AvgIpc) is 3.44. The van der Waals surface area contributed by atoms with E-state index in [9.17, 15) is 27.2 Å². The largest absolute Gasteiger partial charge is 0.416 e. The van der Waals surface area contributed by atoms with Crippen LogP contribution in [0.2, 0.25) is 0 Å². The molecule has 1 fully saturated rings. The Morgan fingerprint density at radius 1 is 0.975 bits per heavy atom. The van der Waals surface area contributed by atoms with Crippen molar-refractivity contribution in [2.75, 3.05) is 38.0 Å². The summed E-state index contributed by atoms with van der Waals surface area (Å²) in [5.41, 5.74) is 1.46. The van der Waals surface area contributed by atoms with E-state index in [1.165, 1.54) is 4.90 Å². The Hall–Kier alpha value is -4.23. The van der Waals surface area contributed by atoms with Crippen LogP contribution in [0.5, 0.6) is 0 Å². The summed E-state index contributed by atoms with van der Waals surface area (Å²) in [4.78, 5) is 29.6. The number of hydrogen-bond donors (Lipinski definition) is 1. The van der Waals surface area contributed by atoms with Crippen molar-refractivity contribution in [3.05, 3.63) is 89.2 Å². The number of nitrogens with zero attached hydrogens (tertiary/aromatic N) is 3. The highest BCUT2D eigenvalue weighted by Crippen LogP contribution is 2.31. The molecule has 1 aliphatic heterocycles. The lowest BCUT2D eigenvalue weighted by atomic mass is 10.0. The predicted molar refractivity (Wildman–Crippen MR) is 143 cm³/mol. The number of nitrogens with one attached hydrogen (secondary N) is 1. The number of alkyl halides is 3. The Morgan fingerprint density at radius 2 is 1.70 bits per heavy atom. The Kier molecular flexibility index (Phi) is 9.17. The second-order valence-electron chi connectivity index (χ2n) is 9.70. The minimum atomic E-state index is -4.77. The molecule has 2 amide bonds. The number of hydrogen-bond acceptors (Lipinski definition) is 4.